The van der Waals surface area contributed by atoms with Crippen LogP contribution in [0.2, 0.25) is 0 Å². The highest BCUT2D eigenvalue weighted by atomic mass is 16.5. The Balaban J connectivity index is 1.53. The lowest BCUT2D eigenvalue weighted by Crippen LogP contribution is -2.38. The second-order valence-electron chi connectivity index (χ2n) is 6.82. The van der Waals surface area contributed by atoms with E-state index >= 15 is 0 Å². The van der Waals surface area contributed by atoms with E-state index in [0.717, 1.165) is 49.5 Å². The zero-order chi connectivity index (χ0) is 17.6. The van der Waals surface area contributed by atoms with Gasteiger partial charge in [-0.15, -0.1) is 0 Å². The number of rotatable bonds is 6. The van der Waals surface area contributed by atoms with E-state index in [0.29, 0.717) is 6.04 Å². The van der Waals surface area contributed by atoms with E-state index in [1.54, 1.807) is 12.4 Å². The van der Waals surface area contributed by atoms with E-state index in [-0.39, 0.29) is 11.9 Å². The van der Waals surface area contributed by atoms with Gasteiger partial charge in [-0.1, -0.05) is 0 Å². The molecule has 0 amide bonds. The summed E-state index contributed by atoms with van der Waals surface area (Å²) in [5, 5.41) is 13.4. The van der Waals surface area contributed by atoms with E-state index in [1.165, 1.54) is 0 Å². The van der Waals surface area contributed by atoms with Gasteiger partial charge in [0, 0.05) is 31.7 Å². The predicted octanol–water partition coefficient (Wildman–Crippen LogP) is 3.05. The molecule has 2 N–H and O–H groups in total. The fourth-order valence-corrected chi connectivity index (χ4v) is 3.18. The van der Waals surface area contributed by atoms with Gasteiger partial charge < -0.3 is 15.2 Å². The highest BCUT2D eigenvalue weighted by Gasteiger charge is 2.19. The minimum atomic E-state index is 0.0958. The first-order chi connectivity index (χ1) is 12.1. The monoisotopic (exact) mass is 342 g/mol. The number of likely N-dealkylation sites (tertiary alicyclic amines) is 1. The smallest absolute Gasteiger partial charge is 0.123 e. The summed E-state index contributed by atoms with van der Waals surface area (Å²) in [5.74, 6) is 0.986. The average Bonchev–Trinajstić information content (AvgIpc) is 2.56. The van der Waals surface area contributed by atoms with Crippen molar-refractivity contribution < 1.29 is 9.84 Å². The molecule has 2 heterocycles. The van der Waals surface area contributed by atoms with Crippen LogP contribution in [0, 0.1) is 0 Å². The van der Waals surface area contributed by atoms with Gasteiger partial charge in [0.15, 0.2) is 0 Å². The van der Waals surface area contributed by atoms with Crippen LogP contribution in [-0.4, -0.2) is 45.2 Å². The number of hydrogen-bond acceptors (Lipinski definition) is 6. The maximum absolute atomic E-state index is 9.92. The first-order valence-electron chi connectivity index (χ1n) is 8.82. The van der Waals surface area contributed by atoms with Crippen molar-refractivity contribution in [3.63, 3.8) is 0 Å². The van der Waals surface area contributed by atoms with Gasteiger partial charge >= 0.3 is 0 Å². The first-order valence-corrected chi connectivity index (χ1v) is 8.82. The molecule has 0 spiro atoms. The Morgan fingerprint density at radius 3 is 2.60 bits per heavy atom. The van der Waals surface area contributed by atoms with Crippen molar-refractivity contribution in [1.29, 1.82) is 0 Å². The number of phenols is 1. The van der Waals surface area contributed by atoms with Crippen LogP contribution in [0.1, 0.15) is 32.3 Å². The standard InChI is InChI=1S/C19H26N4O2/c1-14(2)25-19-8-15(7-18(24)9-19)12-23-5-3-16(4-6-23)22-17-10-20-13-21-11-17/h7-11,13-14,16,22,24H,3-6,12H2,1-2H3. The van der Waals surface area contributed by atoms with Crippen LogP contribution >= 0.6 is 0 Å². The van der Waals surface area contributed by atoms with E-state index in [2.05, 4.69) is 20.2 Å². The summed E-state index contributed by atoms with van der Waals surface area (Å²) in [4.78, 5) is 10.5. The molecule has 134 valence electrons. The van der Waals surface area contributed by atoms with Crippen LogP contribution in [0.15, 0.2) is 36.9 Å². The van der Waals surface area contributed by atoms with Gasteiger partial charge in [-0.25, -0.2) is 9.97 Å². The first kappa shape index (κ1) is 17.5. The number of ether oxygens (including phenoxy) is 1. The lowest BCUT2D eigenvalue weighted by molar-refractivity contribution is 0.209. The molecule has 1 aliphatic rings. The van der Waals surface area contributed by atoms with Crippen LogP contribution < -0.4 is 10.1 Å². The molecule has 25 heavy (non-hydrogen) atoms. The van der Waals surface area contributed by atoms with Crippen LogP contribution in [0.4, 0.5) is 5.69 Å². The quantitative estimate of drug-likeness (QED) is 0.841. The predicted molar refractivity (Wildman–Crippen MR) is 97.8 cm³/mol. The van der Waals surface area contributed by atoms with Crippen LogP contribution in [0.25, 0.3) is 0 Å². The maximum atomic E-state index is 9.92. The Labute approximate surface area is 148 Å². The third-order valence-corrected chi connectivity index (χ3v) is 4.25. The zero-order valence-corrected chi connectivity index (χ0v) is 14.9. The number of piperidine rings is 1. The number of anilines is 1. The Morgan fingerprint density at radius 1 is 1.20 bits per heavy atom. The van der Waals surface area contributed by atoms with E-state index in [9.17, 15) is 5.11 Å². The molecule has 1 aromatic carbocycles. The second-order valence-corrected chi connectivity index (χ2v) is 6.82. The van der Waals surface area contributed by atoms with Crippen molar-refractivity contribution in [3.8, 4) is 11.5 Å². The number of hydrogen-bond donors (Lipinski definition) is 2. The molecule has 0 saturated carbocycles. The number of nitrogens with zero attached hydrogens (tertiary/aromatic N) is 3. The van der Waals surface area contributed by atoms with Gasteiger partial charge in [-0.05, 0) is 44.4 Å². The molecular formula is C19H26N4O2. The van der Waals surface area contributed by atoms with Gasteiger partial charge in [-0.3, -0.25) is 4.90 Å². The van der Waals surface area contributed by atoms with Crippen LogP contribution in [0.3, 0.4) is 0 Å². The molecule has 0 bridgehead atoms. The van der Waals surface area contributed by atoms with E-state index in [4.69, 9.17) is 4.74 Å². The van der Waals surface area contributed by atoms with Crippen molar-refractivity contribution in [2.75, 3.05) is 18.4 Å². The number of aromatic nitrogens is 2. The molecule has 6 nitrogen and oxygen atoms in total. The second kappa shape index (κ2) is 8.16. The number of phenolic OH excluding ortho intramolecular Hbond substituents is 1. The van der Waals surface area contributed by atoms with Gasteiger partial charge in [0.25, 0.3) is 0 Å². The summed E-state index contributed by atoms with van der Waals surface area (Å²) in [7, 11) is 0. The lowest BCUT2D eigenvalue weighted by atomic mass is 10.0. The minimum absolute atomic E-state index is 0.0958. The minimum Gasteiger partial charge on any atom is -0.508 e. The molecule has 3 rings (SSSR count). The Bertz CT molecular complexity index is 670. The summed E-state index contributed by atoms with van der Waals surface area (Å²) < 4.78 is 5.71. The summed E-state index contributed by atoms with van der Waals surface area (Å²) in [6, 6.07) is 5.96. The number of benzene rings is 1. The molecule has 0 aliphatic carbocycles. The summed E-state index contributed by atoms with van der Waals surface area (Å²) in [5.41, 5.74) is 2.06. The molecule has 1 fully saturated rings. The average molecular weight is 342 g/mol. The van der Waals surface area contributed by atoms with Gasteiger partial charge in [-0.2, -0.15) is 0 Å². The molecule has 2 aromatic rings. The van der Waals surface area contributed by atoms with Gasteiger partial charge in [0.1, 0.15) is 17.8 Å². The third kappa shape index (κ3) is 5.32. The maximum Gasteiger partial charge on any atom is 0.123 e. The molecule has 0 atom stereocenters. The van der Waals surface area contributed by atoms with Crippen molar-refractivity contribution in [2.45, 2.75) is 45.4 Å². The van der Waals surface area contributed by atoms with Crippen molar-refractivity contribution >= 4 is 5.69 Å². The number of nitrogens with one attached hydrogen (secondary N) is 1. The fraction of sp³-hybridized carbons (Fsp3) is 0.474. The van der Waals surface area contributed by atoms with Gasteiger partial charge in [0.2, 0.25) is 0 Å². The molecule has 1 aromatic heterocycles. The summed E-state index contributed by atoms with van der Waals surface area (Å²) in [6.45, 7) is 6.82. The van der Waals surface area contributed by atoms with Crippen molar-refractivity contribution in [1.82, 2.24) is 14.9 Å². The zero-order valence-electron chi connectivity index (χ0n) is 14.9. The van der Waals surface area contributed by atoms with Crippen LogP contribution in [0.5, 0.6) is 11.5 Å². The molecule has 6 heteroatoms. The van der Waals surface area contributed by atoms with E-state index < -0.39 is 0 Å². The largest absolute Gasteiger partial charge is 0.508 e. The Morgan fingerprint density at radius 2 is 1.92 bits per heavy atom. The SMILES string of the molecule is CC(C)Oc1cc(O)cc(CN2CCC(Nc3cncnc3)CC2)c1. The van der Waals surface area contributed by atoms with E-state index in [1.807, 2.05) is 38.4 Å². The molecule has 0 radical (unpaired) electrons. The molecule has 1 saturated heterocycles. The molecule has 0 unspecified atom stereocenters. The topological polar surface area (TPSA) is 70.5 Å². The third-order valence-electron chi connectivity index (χ3n) is 4.25. The Hall–Kier alpha value is -2.34. The summed E-state index contributed by atoms with van der Waals surface area (Å²) in [6.07, 6.45) is 7.40. The summed E-state index contributed by atoms with van der Waals surface area (Å²) >= 11 is 0. The van der Waals surface area contributed by atoms with Crippen LogP contribution in [-0.2, 0) is 6.54 Å². The normalized spacial score (nSPS) is 16.1. The molecule has 1 aliphatic heterocycles. The molecular weight excluding hydrogens is 316 g/mol. The van der Waals surface area contributed by atoms with Crippen molar-refractivity contribution in [2.24, 2.45) is 0 Å². The number of aromatic hydroxyl groups is 1. The highest BCUT2D eigenvalue weighted by Crippen LogP contribution is 2.25. The Kier molecular flexibility index (Phi) is 5.71. The lowest BCUT2D eigenvalue weighted by Gasteiger charge is -2.32. The van der Waals surface area contributed by atoms with Gasteiger partial charge in [0.05, 0.1) is 24.2 Å². The highest BCUT2D eigenvalue weighted by molar-refractivity contribution is 5.39. The van der Waals surface area contributed by atoms with Crippen molar-refractivity contribution in [3.05, 3.63) is 42.5 Å². The fourth-order valence-electron chi connectivity index (χ4n) is 3.18.